The van der Waals surface area contributed by atoms with Gasteiger partial charge in [0.1, 0.15) is 11.5 Å². The van der Waals surface area contributed by atoms with E-state index in [1.807, 2.05) is 0 Å². The molecule has 0 aliphatic heterocycles. The second-order valence-corrected chi connectivity index (χ2v) is 4.92. The lowest BCUT2D eigenvalue weighted by Crippen LogP contribution is -1.98. The summed E-state index contributed by atoms with van der Waals surface area (Å²) in [7, 11) is 0. The Morgan fingerprint density at radius 3 is 2.50 bits per heavy atom. The van der Waals surface area contributed by atoms with Gasteiger partial charge in [0.05, 0.1) is 11.3 Å². The zero-order valence-corrected chi connectivity index (χ0v) is 11.9. The van der Waals surface area contributed by atoms with Crippen molar-refractivity contribution < 1.29 is 20.4 Å². The first kappa shape index (κ1) is 14.0. The molecule has 8 heteroatoms. The Hall–Kier alpha value is -3.00. The number of aromatic nitrogens is 3. The molecule has 1 aromatic heterocycles. The van der Waals surface area contributed by atoms with Gasteiger partial charge in [-0.05, 0) is 36.5 Å². The van der Waals surface area contributed by atoms with Crippen LogP contribution in [0, 0.1) is 4.77 Å². The number of phenolic OH excluding ortho intramolecular Hbond substituents is 4. The summed E-state index contributed by atoms with van der Waals surface area (Å²) in [6.07, 6.45) is 0. The van der Waals surface area contributed by atoms with E-state index in [0.717, 1.165) is 0 Å². The van der Waals surface area contributed by atoms with Gasteiger partial charge in [-0.15, -0.1) is 0 Å². The molecule has 0 atom stereocenters. The highest BCUT2D eigenvalue weighted by Gasteiger charge is 2.18. The second-order valence-electron chi connectivity index (χ2n) is 4.53. The van der Waals surface area contributed by atoms with Crippen molar-refractivity contribution in [2.45, 2.75) is 0 Å². The Morgan fingerprint density at radius 1 is 1.00 bits per heavy atom. The summed E-state index contributed by atoms with van der Waals surface area (Å²) in [5.41, 5.74) is 0.508. The van der Waals surface area contributed by atoms with E-state index < -0.39 is 0 Å². The van der Waals surface area contributed by atoms with Gasteiger partial charge in [0.2, 0.25) is 0 Å². The van der Waals surface area contributed by atoms with Crippen LogP contribution in [-0.2, 0) is 0 Å². The number of aromatic hydroxyl groups is 4. The van der Waals surface area contributed by atoms with Crippen molar-refractivity contribution in [2.24, 2.45) is 0 Å². The Kier molecular flexibility index (Phi) is 3.22. The fourth-order valence-electron chi connectivity index (χ4n) is 2.11. The van der Waals surface area contributed by atoms with Crippen molar-refractivity contribution in [3.63, 3.8) is 0 Å². The molecule has 0 radical (unpaired) electrons. The normalized spacial score (nSPS) is 10.7. The van der Waals surface area contributed by atoms with Gasteiger partial charge in [-0.3, -0.25) is 9.67 Å². The molecule has 0 saturated carbocycles. The van der Waals surface area contributed by atoms with Gasteiger partial charge in [-0.2, -0.15) is 5.10 Å². The van der Waals surface area contributed by atoms with E-state index in [4.69, 9.17) is 12.2 Å². The molecule has 1 heterocycles. The number of nitrogens with zero attached hydrogens (tertiary/aromatic N) is 2. The van der Waals surface area contributed by atoms with Crippen LogP contribution >= 0.6 is 12.2 Å². The number of hydrogen-bond donors (Lipinski definition) is 5. The number of nitrogens with one attached hydrogen (secondary N) is 1. The molecule has 0 aliphatic rings. The molecule has 3 rings (SSSR count). The predicted octanol–water partition coefficient (Wildman–Crippen LogP) is 2.42. The molecule has 112 valence electrons. The van der Waals surface area contributed by atoms with Crippen molar-refractivity contribution in [1.29, 1.82) is 0 Å². The number of aromatic amines is 1. The van der Waals surface area contributed by atoms with E-state index in [0.29, 0.717) is 5.56 Å². The van der Waals surface area contributed by atoms with Crippen LogP contribution in [0.25, 0.3) is 17.1 Å². The number of rotatable bonds is 2. The van der Waals surface area contributed by atoms with Crippen LogP contribution in [0.2, 0.25) is 0 Å². The smallest absolute Gasteiger partial charge is 0.200 e. The van der Waals surface area contributed by atoms with E-state index >= 15 is 0 Å². The van der Waals surface area contributed by atoms with Gasteiger partial charge < -0.3 is 20.4 Å². The molecule has 0 unspecified atom stereocenters. The van der Waals surface area contributed by atoms with Crippen molar-refractivity contribution in [3.05, 3.63) is 41.2 Å². The monoisotopic (exact) mass is 317 g/mol. The van der Waals surface area contributed by atoms with Crippen LogP contribution in [0.15, 0.2) is 36.4 Å². The Labute approximate surface area is 129 Å². The topological polar surface area (TPSA) is 115 Å². The first-order chi connectivity index (χ1) is 10.5. The molecule has 5 N–H and O–H groups in total. The number of hydrogen-bond acceptors (Lipinski definition) is 6. The van der Waals surface area contributed by atoms with E-state index in [2.05, 4.69) is 10.2 Å². The summed E-state index contributed by atoms with van der Waals surface area (Å²) in [6.45, 7) is 0. The summed E-state index contributed by atoms with van der Waals surface area (Å²) < 4.78 is 1.54. The first-order valence-corrected chi connectivity index (χ1v) is 6.61. The van der Waals surface area contributed by atoms with Crippen molar-refractivity contribution in [1.82, 2.24) is 14.8 Å². The van der Waals surface area contributed by atoms with E-state index in [9.17, 15) is 20.4 Å². The summed E-state index contributed by atoms with van der Waals surface area (Å²) in [4.78, 5) is 0. The maximum atomic E-state index is 10.0. The van der Waals surface area contributed by atoms with Crippen molar-refractivity contribution >= 4 is 12.2 Å². The minimum absolute atomic E-state index is 0.0952. The Morgan fingerprint density at radius 2 is 1.77 bits per heavy atom. The van der Waals surface area contributed by atoms with Crippen LogP contribution in [0.5, 0.6) is 23.0 Å². The fraction of sp³-hybridized carbons (Fsp3) is 0. The lowest BCUT2D eigenvalue weighted by Gasteiger charge is -2.10. The van der Waals surface area contributed by atoms with Crippen LogP contribution in [-0.4, -0.2) is 35.2 Å². The van der Waals surface area contributed by atoms with Crippen molar-refractivity contribution in [3.8, 4) is 40.1 Å². The van der Waals surface area contributed by atoms with Crippen LogP contribution in [0.1, 0.15) is 0 Å². The lowest BCUT2D eigenvalue weighted by molar-refractivity contribution is 0.402. The number of para-hydroxylation sites is 1. The molecular formula is C14H11N3O4S. The Balaban J connectivity index is 2.29. The summed E-state index contributed by atoms with van der Waals surface area (Å²) in [5, 5.41) is 45.6. The fourth-order valence-corrected chi connectivity index (χ4v) is 2.34. The molecule has 0 aliphatic carbocycles. The average Bonchev–Trinajstić information content (AvgIpc) is 2.84. The maximum absolute atomic E-state index is 10.0. The van der Waals surface area contributed by atoms with E-state index in [1.165, 1.54) is 28.8 Å². The van der Waals surface area contributed by atoms with Gasteiger partial charge in [0.15, 0.2) is 22.1 Å². The quantitative estimate of drug-likeness (QED) is 0.366. The van der Waals surface area contributed by atoms with Gasteiger partial charge in [0.25, 0.3) is 0 Å². The van der Waals surface area contributed by atoms with Crippen LogP contribution < -0.4 is 0 Å². The molecule has 3 aromatic rings. The molecule has 0 saturated heterocycles. The minimum Gasteiger partial charge on any atom is -0.508 e. The molecule has 2 aromatic carbocycles. The molecule has 22 heavy (non-hydrogen) atoms. The predicted molar refractivity (Wildman–Crippen MR) is 80.8 cm³/mol. The van der Waals surface area contributed by atoms with Crippen LogP contribution in [0.3, 0.4) is 0 Å². The number of phenols is 4. The highest BCUT2D eigenvalue weighted by Crippen LogP contribution is 2.36. The van der Waals surface area contributed by atoms with E-state index in [1.54, 1.807) is 12.1 Å². The van der Waals surface area contributed by atoms with Crippen molar-refractivity contribution in [2.75, 3.05) is 0 Å². The average molecular weight is 317 g/mol. The molecular weight excluding hydrogens is 306 g/mol. The highest BCUT2D eigenvalue weighted by molar-refractivity contribution is 7.71. The molecule has 0 fully saturated rings. The third-order valence-corrected chi connectivity index (χ3v) is 3.40. The van der Waals surface area contributed by atoms with Gasteiger partial charge >= 0.3 is 0 Å². The van der Waals surface area contributed by atoms with Gasteiger partial charge in [-0.1, -0.05) is 6.07 Å². The standard InChI is InChI=1S/C14H11N3O4S/c18-7-4-5-8(11(20)6-7)13-15-16-14(22)17(13)9-2-1-3-10(19)12(9)21/h1-6,18-21H,(H,16,22). The van der Waals surface area contributed by atoms with Gasteiger partial charge in [0, 0.05) is 6.07 Å². The minimum atomic E-state index is -0.362. The molecule has 0 amide bonds. The van der Waals surface area contributed by atoms with Crippen LogP contribution in [0.4, 0.5) is 0 Å². The Bertz CT molecular complexity index is 917. The van der Waals surface area contributed by atoms with Gasteiger partial charge in [-0.25, -0.2) is 0 Å². The largest absolute Gasteiger partial charge is 0.508 e. The third kappa shape index (κ3) is 2.15. The zero-order valence-electron chi connectivity index (χ0n) is 11.1. The summed E-state index contributed by atoms with van der Waals surface area (Å²) >= 11 is 5.15. The maximum Gasteiger partial charge on any atom is 0.200 e. The summed E-state index contributed by atoms with van der Waals surface area (Å²) in [6, 6.07) is 8.44. The molecule has 0 bridgehead atoms. The third-order valence-electron chi connectivity index (χ3n) is 3.13. The lowest BCUT2D eigenvalue weighted by atomic mass is 10.1. The zero-order chi connectivity index (χ0) is 15.9. The number of H-pyrrole nitrogens is 1. The first-order valence-electron chi connectivity index (χ1n) is 6.20. The SMILES string of the molecule is Oc1ccc(-c2n[nH]c(=S)n2-c2cccc(O)c2O)c(O)c1. The summed E-state index contributed by atoms with van der Waals surface area (Å²) in [5.74, 6) is -0.735. The van der Waals surface area contributed by atoms with E-state index in [-0.39, 0.29) is 39.3 Å². The second kappa shape index (κ2) is 5.08. The number of benzene rings is 2. The molecule has 0 spiro atoms. The highest BCUT2D eigenvalue weighted by atomic mass is 32.1. The molecule has 7 nitrogen and oxygen atoms in total.